The molecule has 2 aromatic carbocycles. The molecule has 0 bridgehead atoms. The van der Waals surface area contributed by atoms with Crippen molar-refractivity contribution in [2.75, 3.05) is 0 Å². The molecule has 0 aliphatic carbocycles. The van der Waals surface area contributed by atoms with E-state index in [1.54, 1.807) is 0 Å². The molecule has 0 atom stereocenters. The third-order valence-electron chi connectivity index (χ3n) is 3.99. The second kappa shape index (κ2) is 11.5. The smallest absolute Gasteiger partial charge is 0.114 e. The number of benzene rings is 2. The van der Waals surface area contributed by atoms with Crippen LogP contribution >= 0.6 is 8.25 Å². The number of hydrogen-bond donors (Lipinski definition) is 0. The summed E-state index contributed by atoms with van der Waals surface area (Å²) in [6, 6.07) is 16.2. The predicted octanol–water partition coefficient (Wildman–Crippen LogP) is 6.31. The lowest BCUT2D eigenvalue weighted by molar-refractivity contribution is 0.213. The van der Waals surface area contributed by atoms with Gasteiger partial charge >= 0.3 is 8.25 Å². The lowest BCUT2D eigenvalue weighted by Crippen LogP contribution is -1.92. The first-order valence-corrected chi connectivity index (χ1v) is 9.91. The minimum Gasteiger partial charge on any atom is -0.114 e. The van der Waals surface area contributed by atoms with Gasteiger partial charge in [0.2, 0.25) is 0 Å². The molecule has 0 aliphatic heterocycles. The van der Waals surface area contributed by atoms with Gasteiger partial charge in [-0.3, -0.25) is 0 Å². The molecular formula is C22H26O3P+. The van der Waals surface area contributed by atoms with Gasteiger partial charge in [-0.25, -0.2) is 0 Å². The molecule has 0 radical (unpaired) electrons. The topological polar surface area (TPSA) is 35.5 Å². The minimum absolute atomic E-state index is 0.275. The van der Waals surface area contributed by atoms with Crippen LogP contribution in [0, 0.1) is 0 Å². The molecule has 3 nitrogen and oxygen atoms in total. The molecule has 0 aromatic heterocycles. The van der Waals surface area contributed by atoms with Crippen LogP contribution in [0.2, 0.25) is 0 Å². The summed E-state index contributed by atoms with van der Waals surface area (Å²) < 4.78 is 22.5. The molecule has 0 aliphatic rings. The zero-order chi connectivity index (χ0) is 18.6. The van der Waals surface area contributed by atoms with Crippen molar-refractivity contribution in [2.45, 2.75) is 38.9 Å². The molecule has 0 amide bonds. The summed E-state index contributed by atoms with van der Waals surface area (Å²) in [5, 5.41) is 0. The van der Waals surface area contributed by atoms with Crippen LogP contribution < -0.4 is 0 Å². The lowest BCUT2D eigenvalue weighted by Gasteiger charge is -2.01. The summed E-state index contributed by atoms with van der Waals surface area (Å²) >= 11 is 0. The number of hydrogen-bond acceptors (Lipinski definition) is 3. The summed E-state index contributed by atoms with van der Waals surface area (Å²) in [5.74, 6) is 0. The SMILES string of the molecule is C=CCCc1ccc(CO[P+](=O)OCc2ccc(CCC=C)cc2)cc1. The predicted molar refractivity (Wildman–Crippen MR) is 107 cm³/mol. The highest BCUT2D eigenvalue weighted by Crippen LogP contribution is 2.27. The van der Waals surface area contributed by atoms with Crippen LogP contribution in [0.4, 0.5) is 0 Å². The Morgan fingerprint density at radius 3 is 1.38 bits per heavy atom. The Bertz CT molecular complexity index is 644. The van der Waals surface area contributed by atoms with Gasteiger partial charge in [-0.2, -0.15) is 0 Å². The van der Waals surface area contributed by atoms with Gasteiger partial charge in [-0.05, 0) is 47.9 Å². The van der Waals surface area contributed by atoms with Crippen LogP contribution in [0.5, 0.6) is 0 Å². The van der Waals surface area contributed by atoms with Crippen LogP contribution in [0.25, 0.3) is 0 Å². The van der Waals surface area contributed by atoms with Crippen molar-refractivity contribution in [1.82, 2.24) is 0 Å². The van der Waals surface area contributed by atoms with Crippen LogP contribution in [-0.2, 0) is 39.7 Å². The van der Waals surface area contributed by atoms with Gasteiger partial charge in [-0.1, -0.05) is 60.7 Å². The van der Waals surface area contributed by atoms with Crippen LogP contribution in [0.15, 0.2) is 73.8 Å². The number of rotatable bonds is 12. The van der Waals surface area contributed by atoms with Gasteiger partial charge in [0, 0.05) is 4.57 Å². The van der Waals surface area contributed by atoms with E-state index in [-0.39, 0.29) is 13.2 Å². The summed E-state index contributed by atoms with van der Waals surface area (Å²) in [6.07, 6.45) is 7.71. The number of aryl methyl sites for hydroxylation is 2. The fourth-order valence-corrected chi connectivity index (χ4v) is 3.02. The Morgan fingerprint density at radius 1 is 0.692 bits per heavy atom. The standard InChI is InChI=1S/C22H26O3P/c1-3-5-7-19-9-13-21(14-10-19)17-24-26(23)25-18-22-15-11-20(12-16-22)8-6-4-2/h3-4,9-16H,1-2,5-8,17-18H2/q+1. The van der Waals surface area contributed by atoms with Crippen molar-refractivity contribution in [2.24, 2.45) is 0 Å². The van der Waals surface area contributed by atoms with Crippen LogP contribution in [-0.4, -0.2) is 0 Å². The van der Waals surface area contributed by atoms with E-state index in [4.69, 9.17) is 9.05 Å². The second-order valence-corrected chi connectivity index (χ2v) is 7.02. The Kier molecular flexibility index (Phi) is 8.99. The summed E-state index contributed by atoms with van der Waals surface area (Å²) in [5.41, 5.74) is 4.47. The van der Waals surface area contributed by atoms with Gasteiger partial charge in [0.05, 0.1) is 0 Å². The molecule has 2 rings (SSSR count). The molecular weight excluding hydrogens is 343 g/mol. The average Bonchev–Trinajstić information content (AvgIpc) is 2.69. The van der Waals surface area contributed by atoms with Crippen LogP contribution in [0.3, 0.4) is 0 Å². The highest BCUT2D eigenvalue weighted by Gasteiger charge is 2.20. The molecule has 136 valence electrons. The third-order valence-corrected chi connectivity index (χ3v) is 4.67. The van der Waals surface area contributed by atoms with Gasteiger partial charge in [0.1, 0.15) is 13.2 Å². The first kappa shape index (κ1) is 20.3. The van der Waals surface area contributed by atoms with E-state index in [1.165, 1.54) is 11.1 Å². The Balaban J connectivity index is 1.71. The monoisotopic (exact) mass is 369 g/mol. The Labute approximate surface area is 157 Å². The molecule has 0 N–H and O–H groups in total. The summed E-state index contributed by atoms with van der Waals surface area (Å²) in [7, 11) is -2.14. The first-order chi connectivity index (χ1) is 12.7. The molecule has 0 saturated carbocycles. The van der Waals surface area contributed by atoms with E-state index in [9.17, 15) is 4.57 Å². The van der Waals surface area contributed by atoms with E-state index in [0.29, 0.717) is 0 Å². The maximum absolute atomic E-state index is 11.9. The van der Waals surface area contributed by atoms with E-state index >= 15 is 0 Å². The Hall–Kier alpha value is -2.06. The van der Waals surface area contributed by atoms with E-state index in [2.05, 4.69) is 37.4 Å². The van der Waals surface area contributed by atoms with Gasteiger partial charge in [-0.15, -0.1) is 22.2 Å². The summed E-state index contributed by atoms with van der Waals surface area (Å²) in [6.45, 7) is 8.01. The minimum atomic E-state index is -2.14. The lowest BCUT2D eigenvalue weighted by atomic mass is 10.1. The van der Waals surface area contributed by atoms with Crippen molar-refractivity contribution >= 4 is 8.25 Å². The maximum Gasteiger partial charge on any atom is 0.698 e. The van der Waals surface area contributed by atoms with Gasteiger partial charge in [0.25, 0.3) is 0 Å². The highest BCUT2D eigenvalue weighted by atomic mass is 31.1. The largest absolute Gasteiger partial charge is 0.698 e. The quantitative estimate of drug-likeness (QED) is 0.325. The van der Waals surface area contributed by atoms with Gasteiger partial charge < -0.3 is 0 Å². The molecule has 0 unspecified atom stereocenters. The zero-order valence-corrected chi connectivity index (χ0v) is 16.0. The van der Waals surface area contributed by atoms with E-state index in [0.717, 1.165) is 36.8 Å². The van der Waals surface area contributed by atoms with Gasteiger partial charge in [0.15, 0.2) is 0 Å². The molecule has 0 saturated heterocycles. The molecule has 0 heterocycles. The highest BCUT2D eigenvalue weighted by molar-refractivity contribution is 7.33. The van der Waals surface area contributed by atoms with Crippen molar-refractivity contribution in [3.8, 4) is 0 Å². The zero-order valence-electron chi connectivity index (χ0n) is 15.1. The molecule has 0 fully saturated rings. The maximum atomic E-state index is 11.9. The van der Waals surface area contributed by atoms with Crippen molar-refractivity contribution < 1.29 is 13.6 Å². The molecule has 0 spiro atoms. The second-order valence-electron chi connectivity index (χ2n) is 6.06. The fourth-order valence-electron chi connectivity index (χ4n) is 2.43. The molecule has 26 heavy (non-hydrogen) atoms. The molecule has 2 aromatic rings. The average molecular weight is 369 g/mol. The third kappa shape index (κ3) is 7.45. The van der Waals surface area contributed by atoms with Crippen molar-refractivity contribution in [3.63, 3.8) is 0 Å². The Morgan fingerprint density at radius 2 is 1.04 bits per heavy atom. The first-order valence-electron chi connectivity index (χ1n) is 8.82. The summed E-state index contributed by atoms with van der Waals surface area (Å²) in [4.78, 5) is 0. The van der Waals surface area contributed by atoms with Crippen molar-refractivity contribution in [3.05, 3.63) is 96.1 Å². The molecule has 4 heteroatoms. The van der Waals surface area contributed by atoms with Crippen LogP contribution in [0.1, 0.15) is 35.1 Å². The fraction of sp³-hybridized carbons (Fsp3) is 0.273. The normalized spacial score (nSPS) is 10.5. The van der Waals surface area contributed by atoms with Crippen molar-refractivity contribution in [1.29, 1.82) is 0 Å². The number of allylic oxidation sites excluding steroid dienone is 2. The van der Waals surface area contributed by atoms with E-state index < -0.39 is 8.25 Å². The van der Waals surface area contributed by atoms with E-state index in [1.807, 2.05) is 36.4 Å².